The molecule has 3 aromatic rings. The highest BCUT2D eigenvalue weighted by molar-refractivity contribution is 7.89. The second kappa shape index (κ2) is 10.3. The highest BCUT2D eigenvalue weighted by Gasteiger charge is 2.29. The number of nitrogens with one attached hydrogen (secondary N) is 1. The van der Waals surface area contributed by atoms with Crippen molar-refractivity contribution in [1.29, 1.82) is 0 Å². The highest BCUT2D eigenvalue weighted by Crippen LogP contribution is 2.28. The molecule has 0 unspecified atom stereocenters. The van der Waals surface area contributed by atoms with Crippen molar-refractivity contribution in [3.8, 4) is 0 Å². The first-order valence-corrected chi connectivity index (χ1v) is 11.8. The average molecular weight is 477 g/mol. The lowest BCUT2D eigenvalue weighted by Crippen LogP contribution is -2.41. The molecule has 0 aliphatic carbocycles. The molecule has 8 heteroatoms. The molecule has 5 nitrogen and oxygen atoms in total. The van der Waals surface area contributed by atoms with Gasteiger partial charge in [0.15, 0.2) is 0 Å². The molecule has 0 fully saturated rings. The van der Waals surface area contributed by atoms with E-state index in [4.69, 9.17) is 23.2 Å². The van der Waals surface area contributed by atoms with Crippen LogP contribution in [0.1, 0.15) is 24.1 Å². The van der Waals surface area contributed by atoms with E-state index < -0.39 is 15.9 Å². The zero-order chi connectivity index (χ0) is 22.4. The van der Waals surface area contributed by atoms with Crippen LogP contribution in [0.15, 0.2) is 83.8 Å². The van der Waals surface area contributed by atoms with Crippen molar-refractivity contribution in [2.75, 3.05) is 6.54 Å². The standard InChI is InChI=1S/C23H22Cl2N2O3S/c1-17(19-10-6-3-7-11-19)26-23(28)16-27(15-18-8-4-2-5-9-18)31(29,30)22-14-20(24)12-13-21(22)25/h2-14,17H,15-16H2,1H3,(H,26,28)/t17-/m1/s1. The van der Waals surface area contributed by atoms with Crippen LogP contribution in [0.3, 0.4) is 0 Å². The van der Waals surface area contributed by atoms with E-state index in [1.165, 1.54) is 18.2 Å². The summed E-state index contributed by atoms with van der Waals surface area (Å²) in [6.45, 7) is 1.49. The Morgan fingerprint density at radius 1 is 0.968 bits per heavy atom. The monoisotopic (exact) mass is 476 g/mol. The Morgan fingerprint density at radius 2 is 1.58 bits per heavy atom. The minimum atomic E-state index is -4.09. The van der Waals surface area contributed by atoms with Crippen molar-refractivity contribution < 1.29 is 13.2 Å². The van der Waals surface area contributed by atoms with Gasteiger partial charge in [-0.2, -0.15) is 4.31 Å². The zero-order valence-corrected chi connectivity index (χ0v) is 19.2. The predicted octanol–water partition coefficient (Wildman–Crippen LogP) is 5.06. The van der Waals surface area contributed by atoms with Crippen LogP contribution < -0.4 is 5.32 Å². The number of amides is 1. The molecule has 1 N–H and O–H groups in total. The van der Waals surface area contributed by atoms with Gasteiger partial charge >= 0.3 is 0 Å². The van der Waals surface area contributed by atoms with Gasteiger partial charge in [0.2, 0.25) is 15.9 Å². The molecule has 0 saturated heterocycles. The molecule has 3 rings (SSSR count). The van der Waals surface area contributed by atoms with Crippen molar-refractivity contribution in [1.82, 2.24) is 9.62 Å². The predicted molar refractivity (Wildman–Crippen MR) is 123 cm³/mol. The molecule has 0 radical (unpaired) electrons. The van der Waals surface area contributed by atoms with E-state index in [9.17, 15) is 13.2 Å². The summed E-state index contributed by atoms with van der Waals surface area (Å²) in [4.78, 5) is 12.6. The van der Waals surface area contributed by atoms with E-state index in [1.807, 2.05) is 55.5 Å². The number of sulfonamides is 1. The third kappa shape index (κ3) is 6.08. The van der Waals surface area contributed by atoms with Crippen molar-refractivity contribution in [3.05, 3.63) is 100 Å². The summed E-state index contributed by atoms with van der Waals surface area (Å²) >= 11 is 12.2. The van der Waals surface area contributed by atoms with Crippen LogP contribution in [0.5, 0.6) is 0 Å². The molecule has 162 valence electrons. The number of hydrogen-bond acceptors (Lipinski definition) is 3. The van der Waals surface area contributed by atoms with Gasteiger partial charge in [-0.15, -0.1) is 0 Å². The quantitative estimate of drug-likeness (QED) is 0.493. The summed E-state index contributed by atoms with van der Waals surface area (Å²) < 4.78 is 27.9. The van der Waals surface area contributed by atoms with E-state index in [2.05, 4.69) is 5.32 Å². The first-order chi connectivity index (χ1) is 14.8. The third-order valence-electron chi connectivity index (χ3n) is 4.71. The summed E-state index contributed by atoms with van der Waals surface area (Å²) in [7, 11) is -4.09. The van der Waals surface area contributed by atoms with Gasteiger partial charge in [-0.3, -0.25) is 4.79 Å². The lowest BCUT2D eigenvalue weighted by Gasteiger charge is -2.24. The first kappa shape index (κ1) is 23.3. The second-order valence-corrected chi connectivity index (χ2v) is 9.78. The number of nitrogens with zero attached hydrogens (tertiary/aromatic N) is 1. The van der Waals surface area contributed by atoms with Gasteiger partial charge in [-0.1, -0.05) is 83.9 Å². The highest BCUT2D eigenvalue weighted by atomic mass is 35.5. The maximum Gasteiger partial charge on any atom is 0.245 e. The fourth-order valence-electron chi connectivity index (χ4n) is 3.10. The molecule has 0 saturated carbocycles. The van der Waals surface area contributed by atoms with Crippen LogP contribution in [0.4, 0.5) is 0 Å². The minimum Gasteiger partial charge on any atom is -0.348 e. The Hall–Kier alpha value is -2.38. The molecule has 0 bridgehead atoms. The van der Waals surface area contributed by atoms with E-state index in [-0.39, 0.29) is 34.1 Å². The maximum absolute atomic E-state index is 13.4. The summed E-state index contributed by atoms with van der Waals surface area (Å²) in [6, 6.07) is 22.5. The number of benzene rings is 3. The SMILES string of the molecule is C[C@@H](NC(=O)CN(Cc1ccccc1)S(=O)(=O)c1cc(Cl)ccc1Cl)c1ccccc1. The van der Waals surface area contributed by atoms with Crippen LogP contribution in [-0.4, -0.2) is 25.2 Å². The first-order valence-electron chi connectivity index (χ1n) is 9.61. The number of carbonyl (C=O) groups is 1. The van der Waals surface area contributed by atoms with Gasteiger partial charge in [0.25, 0.3) is 0 Å². The molecular formula is C23H22Cl2N2O3S. The fourth-order valence-corrected chi connectivity index (χ4v) is 5.22. The number of rotatable bonds is 8. The molecule has 0 aliphatic rings. The van der Waals surface area contributed by atoms with Gasteiger partial charge in [0, 0.05) is 11.6 Å². The zero-order valence-electron chi connectivity index (χ0n) is 16.8. The van der Waals surface area contributed by atoms with Gasteiger partial charge in [0.05, 0.1) is 17.6 Å². The molecule has 1 amide bonds. The smallest absolute Gasteiger partial charge is 0.245 e. The number of halogens is 2. The second-order valence-electron chi connectivity index (χ2n) is 7.03. The molecule has 3 aromatic carbocycles. The summed E-state index contributed by atoms with van der Waals surface area (Å²) in [5.74, 6) is -0.422. The van der Waals surface area contributed by atoms with Gasteiger partial charge in [0.1, 0.15) is 4.90 Å². The van der Waals surface area contributed by atoms with E-state index in [0.29, 0.717) is 0 Å². The minimum absolute atomic E-state index is 0.0130. The third-order valence-corrected chi connectivity index (χ3v) is 7.22. The Kier molecular flexibility index (Phi) is 7.73. The Balaban J connectivity index is 1.87. The Bertz CT molecular complexity index is 1140. The molecule has 0 spiro atoms. The van der Waals surface area contributed by atoms with Crippen LogP contribution in [0, 0.1) is 0 Å². The van der Waals surface area contributed by atoms with Crippen molar-refractivity contribution in [2.24, 2.45) is 0 Å². The van der Waals surface area contributed by atoms with Crippen molar-refractivity contribution >= 4 is 39.1 Å². The van der Waals surface area contributed by atoms with Gasteiger partial charge in [-0.05, 0) is 36.2 Å². The Morgan fingerprint density at radius 3 is 2.23 bits per heavy atom. The van der Waals surface area contributed by atoms with E-state index in [1.54, 1.807) is 12.1 Å². The molecule has 0 aliphatic heterocycles. The van der Waals surface area contributed by atoms with Crippen LogP contribution >= 0.6 is 23.2 Å². The summed E-state index contributed by atoms with van der Waals surface area (Å²) in [6.07, 6.45) is 0. The van der Waals surface area contributed by atoms with Crippen LogP contribution in [0.25, 0.3) is 0 Å². The van der Waals surface area contributed by atoms with Crippen molar-refractivity contribution in [3.63, 3.8) is 0 Å². The maximum atomic E-state index is 13.4. The summed E-state index contributed by atoms with van der Waals surface area (Å²) in [5.41, 5.74) is 1.67. The topological polar surface area (TPSA) is 66.5 Å². The van der Waals surface area contributed by atoms with Crippen LogP contribution in [-0.2, 0) is 21.4 Å². The average Bonchev–Trinajstić information content (AvgIpc) is 2.76. The largest absolute Gasteiger partial charge is 0.348 e. The van der Waals surface area contributed by atoms with E-state index in [0.717, 1.165) is 15.4 Å². The molecule has 1 atom stereocenters. The summed E-state index contributed by atoms with van der Waals surface area (Å²) in [5, 5.41) is 3.14. The molecule has 31 heavy (non-hydrogen) atoms. The van der Waals surface area contributed by atoms with Gasteiger partial charge < -0.3 is 5.32 Å². The molecular weight excluding hydrogens is 455 g/mol. The number of carbonyl (C=O) groups excluding carboxylic acids is 1. The van der Waals surface area contributed by atoms with E-state index >= 15 is 0 Å². The van der Waals surface area contributed by atoms with Crippen molar-refractivity contribution in [2.45, 2.75) is 24.4 Å². The lowest BCUT2D eigenvalue weighted by atomic mass is 10.1. The molecule has 0 heterocycles. The number of hydrogen-bond donors (Lipinski definition) is 1. The van der Waals surface area contributed by atoms with Crippen LogP contribution in [0.2, 0.25) is 10.0 Å². The lowest BCUT2D eigenvalue weighted by molar-refractivity contribution is -0.122. The normalized spacial score (nSPS) is 12.5. The fraction of sp³-hybridized carbons (Fsp3) is 0.174. The molecule has 0 aromatic heterocycles. The Labute approximate surface area is 192 Å². The van der Waals surface area contributed by atoms with Gasteiger partial charge in [-0.25, -0.2) is 8.42 Å².